The number of ether oxygens (including phenoxy) is 1. The van der Waals surface area contributed by atoms with Crippen molar-refractivity contribution in [2.75, 3.05) is 4.90 Å². The van der Waals surface area contributed by atoms with Crippen LogP contribution in [0.15, 0.2) is 67.0 Å². The van der Waals surface area contributed by atoms with Crippen molar-refractivity contribution in [3.8, 4) is 0 Å². The number of allylic oxidation sites excluding steroid dienone is 3. The molecule has 1 aliphatic rings. The van der Waals surface area contributed by atoms with Gasteiger partial charge in [-0.1, -0.05) is 27.0 Å². The van der Waals surface area contributed by atoms with Gasteiger partial charge in [-0.2, -0.15) is 0 Å². The summed E-state index contributed by atoms with van der Waals surface area (Å²) in [5.74, 6) is -0.939. The van der Waals surface area contributed by atoms with Crippen molar-refractivity contribution in [1.29, 1.82) is 0 Å². The monoisotopic (exact) mass is 397 g/mol. The van der Waals surface area contributed by atoms with Crippen LogP contribution in [0.3, 0.4) is 0 Å². The summed E-state index contributed by atoms with van der Waals surface area (Å²) in [7, 11) is 0. The fraction of sp³-hybridized carbons (Fsp3) is 0.217. The number of pyridine rings is 2. The molecule has 0 bridgehead atoms. The first kappa shape index (κ1) is 22.0. The van der Waals surface area contributed by atoms with Gasteiger partial charge in [0.1, 0.15) is 23.9 Å². The van der Waals surface area contributed by atoms with E-state index in [0.29, 0.717) is 11.5 Å². The van der Waals surface area contributed by atoms with E-state index in [1.165, 1.54) is 0 Å². The van der Waals surface area contributed by atoms with Gasteiger partial charge < -0.3 is 9.64 Å². The Morgan fingerprint density at radius 3 is 2.45 bits per heavy atom. The van der Waals surface area contributed by atoms with Gasteiger partial charge in [-0.3, -0.25) is 9.97 Å². The molecule has 0 N–H and O–H groups in total. The Kier molecular flexibility index (Phi) is 7.42. The third-order valence-corrected chi connectivity index (χ3v) is 4.11. The Balaban J connectivity index is 0.00000145. The predicted octanol–water partition coefficient (Wildman–Crippen LogP) is 6.07. The van der Waals surface area contributed by atoms with Gasteiger partial charge >= 0.3 is 0 Å². The molecular weight excluding hydrogens is 372 g/mol. The highest BCUT2D eigenvalue weighted by atomic mass is 19.1. The van der Waals surface area contributed by atoms with E-state index in [1.807, 2.05) is 44.7 Å². The highest BCUT2D eigenvalue weighted by molar-refractivity contribution is 5.68. The van der Waals surface area contributed by atoms with E-state index in [-0.39, 0.29) is 12.3 Å². The number of hydrogen-bond donors (Lipinski definition) is 0. The van der Waals surface area contributed by atoms with Crippen molar-refractivity contribution in [2.24, 2.45) is 0 Å². The normalized spacial score (nSPS) is 13.2. The summed E-state index contributed by atoms with van der Waals surface area (Å²) in [4.78, 5) is 9.99. The third-order valence-electron chi connectivity index (χ3n) is 4.11. The summed E-state index contributed by atoms with van der Waals surface area (Å²) in [6.07, 6.45) is 8.00. The zero-order valence-corrected chi connectivity index (χ0v) is 17.2. The molecule has 3 heterocycles. The van der Waals surface area contributed by atoms with Gasteiger partial charge in [0.25, 0.3) is 0 Å². The van der Waals surface area contributed by atoms with Crippen LogP contribution in [0.4, 0.5) is 14.5 Å². The maximum Gasteiger partial charge on any atom is 0.151 e. The van der Waals surface area contributed by atoms with E-state index >= 15 is 0 Å². The first-order valence-electron chi connectivity index (χ1n) is 9.30. The topological polar surface area (TPSA) is 38.2 Å². The maximum atomic E-state index is 13.7. The van der Waals surface area contributed by atoms with E-state index in [4.69, 9.17) is 4.74 Å². The summed E-state index contributed by atoms with van der Waals surface area (Å²) in [5.41, 5.74) is 4.32. The smallest absolute Gasteiger partial charge is 0.151 e. The number of halogens is 2. The summed E-state index contributed by atoms with van der Waals surface area (Å²) in [6.45, 7) is 15.6. The Morgan fingerprint density at radius 1 is 1.10 bits per heavy atom. The zero-order chi connectivity index (χ0) is 21.6. The Labute approximate surface area is 170 Å². The predicted molar refractivity (Wildman–Crippen MR) is 113 cm³/mol. The van der Waals surface area contributed by atoms with E-state index in [9.17, 15) is 8.78 Å². The SMILES string of the molecule is C=Cc1cc(N2C(=C)C=C(OCc3ncc(F)cc3F)C=C2C)c(C)cn1.CC. The molecule has 152 valence electrons. The minimum absolute atomic E-state index is 0.0389. The van der Waals surface area contributed by atoms with E-state index in [2.05, 4.69) is 23.1 Å². The van der Waals surface area contributed by atoms with Crippen LogP contribution in [-0.4, -0.2) is 9.97 Å². The molecule has 0 atom stereocenters. The van der Waals surface area contributed by atoms with Gasteiger partial charge in [0, 0.05) is 29.7 Å². The minimum atomic E-state index is -0.739. The number of nitrogens with zero attached hydrogens (tertiary/aromatic N) is 3. The lowest BCUT2D eigenvalue weighted by Gasteiger charge is -2.31. The maximum absolute atomic E-state index is 13.7. The van der Waals surface area contributed by atoms with Crippen molar-refractivity contribution in [2.45, 2.75) is 34.3 Å². The second kappa shape index (κ2) is 9.78. The molecule has 6 heteroatoms. The molecule has 3 rings (SSSR count). The average Bonchev–Trinajstić information content (AvgIpc) is 2.70. The number of rotatable bonds is 5. The summed E-state index contributed by atoms with van der Waals surface area (Å²) in [6, 6.07) is 2.72. The van der Waals surface area contributed by atoms with Crippen molar-refractivity contribution in [1.82, 2.24) is 9.97 Å². The number of hydrogen-bond acceptors (Lipinski definition) is 4. The molecule has 1 aliphatic heterocycles. The van der Waals surface area contributed by atoms with Crippen molar-refractivity contribution in [3.05, 3.63) is 95.6 Å². The number of aryl methyl sites for hydroxylation is 1. The van der Waals surface area contributed by atoms with Crippen LogP contribution >= 0.6 is 0 Å². The van der Waals surface area contributed by atoms with Gasteiger partial charge in [-0.05, 0) is 37.6 Å². The summed E-state index contributed by atoms with van der Waals surface area (Å²) in [5, 5.41) is 0. The second-order valence-electron chi connectivity index (χ2n) is 6.13. The number of anilines is 1. The lowest BCUT2D eigenvalue weighted by atomic mass is 10.1. The van der Waals surface area contributed by atoms with Crippen molar-refractivity contribution < 1.29 is 13.5 Å². The molecule has 0 radical (unpaired) electrons. The first-order valence-corrected chi connectivity index (χ1v) is 9.30. The lowest BCUT2D eigenvalue weighted by Crippen LogP contribution is -2.23. The van der Waals surface area contributed by atoms with Gasteiger partial charge in [-0.25, -0.2) is 8.78 Å². The molecule has 0 saturated heterocycles. The number of aromatic nitrogens is 2. The van der Waals surface area contributed by atoms with Gasteiger partial charge in [0.2, 0.25) is 0 Å². The highest BCUT2D eigenvalue weighted by Gasteiger charge is 2.19. The summed E-state index contributed by atoms with van der Waals surface area (Å²) < 4.78 is 32.3. The molecule has 0 spiro atoms. The third kappa shape index (κ3) is 5.16. The fourth-order valence-corrected chi connectivity index (χ4v) is 2.78. The van der Waals surface area contributed by atoms with Crippen LogP contribution in [0.5, 0.6) is 0 Å². The van der Waals surface area contributed by atoms with Crippen molar-refractivity contribution >= 4 is 11.8 Å². The standard InChI is InChI=1S/C21H19F2N3O.C2H6/c1-5-17-9-21(13(2)10-24-17)26-14(3)6-18(7-15(26)4)27-12-20-19(23)8-16(22)11-25-20;1-2/h5-11H,1,3,12H2,2,4H3;1-2H3. The molecule has 29 heavy (non-hydrogen) atoms. The summed E-state index contributed by atoms with van der Waals surface area (Å²) >= 11 is 0. The minimum Gasteiger partial charge on any atom is -0.487 e. The molecule has 2 aromatic rings. The van der Waals surface area contributed by atoms with Gasteiger partial charge in [-0.15, -0.1) is 0 Å². The molecular formula is C23H25F2N3O. The van der Waals surface area contributed by atoms with Crippen LogP contribution in [-0.2, 0) is 11.3 Å². The van der Waals surface area contributed by atoms with Crippen LogP contribution in [0, 0.1) is 18.6 Å². The quantitative estimate of drug-likeness (QED) is 0.614. The van der Waals surface area contributed by atoms with Gasteiger partial charge in [0.15, 0.2) is 5.82 Å². The van der Waals surface area contributed by atoms with Crippen LogP contribution in [0.2, 0.25) is 0 Å². The molecule has 0 saturated carbocycles. The molecule has 2 aromatic heterocycles. The fourth-order valence-electron chi connectivity index (χ4n) is 2.78. The van der Waals surface area contributed by atoms with Crippen LogP contribution in [0.1, 0.15) is 37.7 Å². The zero-order valence-electron chi connectivity index (χ0n) is 17.2. The lowest BCUT2D eigenvalue weighted by molar-refractivity contribution is 0.201. The highest BCUT2D eigenvalue weighted by Crippen LogP contribution is 2.32. The van der Waals surface area contributed by atoms with E-state index in [1.54, 1.807) is 18.3 Å². The first-order chi connectivity index (χ1) is 13.9. The molecule has 0 aromatic carbocycles. The van der Waals surface area contributed by atoms with E-state index in [0.717, 1.165) is 34.9 Å². The Hall–Kier alpha value is -3.28. The van der Waals surface area contributed by atoms with E-state index < -0.39 is 11.6 Å². The molecule has 0 fully saturated rings. The molecule has 0 aliphatic carbocycles. The molecule has 0 amide bonds. The Bertz CT molecular complexity index is 980. The van der Waals surface area contributed by atoms with Crippen molar-refractivity contribution in [3.63, 3.8) is 0 Å². The second-order valence-corrected chi connectivity index (χ2v) is 6.13. The van der Waals surface area contributed by atoms with Gasteiger partial charge in [0.05, 0.1) is 17.6 Å². The van der Waals surface area contributed by atoms with Crippen LogP contribution in [0.25, 0.3) is 6.08 Å². The largest absolute Gasteiger partial charge is 0.487 e. The Morgan fingerprint density at radius 2 is 1.83 bits per heavy atom. The molecule has 0 unspecified atom stereocenters. The van der Waals surface area contributed by atoms with Crippen LogP contribution < -0.4 is 4.90 Å². The average molecular weight is 397 g/mol. The molecule has 4 nitrogen and oxygen atoms in total.